The molecule has 0 radical (unpaired) electrons. The van der Waals surface area contributed by atoms with Gasteiger partial charge in [0.1, 0.15) is 13.2 Å². The molecular weight excluding hydrogens is 332 g/mol. The van der Waals surface area contributed by atoms with Crippen molar-refractivity contribution in [3.8, 4) is 11.5 Å². The van der Waals surface area contributed by atoms with Crippen molar-refractivity contribution >= 4 is 11.9 Å². The SMILES string of the molecule is CC1CCN(CC2CCN(Sc3ccc4c(c3)OCCO4)CC2)CC1. The van der Waals surface area contributed by atoms with Gasteiger partial charge in [-0.15, -0.1) is 0 Å². The highest BCUT2D eigenvalue weighted by Crippen LogP contribution is 2.36. The van der Waals surface area contributed by atoms with E-state index in [9.17, 15) is 0 Å². The third-order valence-corrected chi connectivity index (χ3v) is 6.80. The number of benzene rings is 1. The van der Waals surface area contributed by atoms with E-state index in [2.05, 4.69) is 28.3 Å². The van der Waals surface area contributed by atoms with Crippen LogP contribution < -0.4 is 9.47 Å². The molecular formula is C20H30N2O2S. The zero-order valence-corrected chi connectivity index (χ0v) is 16.1. The summed E-state index contributed by atoms with van der Waals surface area (Å²) in [7, 11) is 0. The van der Waals surface area contributed by atoms with Crippen LogP contribution in [-0.2, 0) is 0 Å². The molecule has 0 unspecified atom stereocenters. The fourth-order valence-corrected chi connectivity index (χ4v) is 5.00. The largest absolute Gasteiger partial charge is 0.486 e. The van der Waals surface area contributed by atoms with Gasteiger partial charge in [0.15, 0.2) is 11.5 Å². The Morgan fingerprint density at radius 2 is 1.68 bits per heavy atom. The van der Waals surface area contributed by atoms with Gasteiger partial charge >= 0.3 is 0 Å². The fraction of sp³-hybridized carbons (Fsp3) is 0.700. The Bertz CT molecular complexity index is 567. The van der Waals surface area contributed by atoms with Crippen LogP contribution in [0.25, 0.3) is 0 Å². The van der Waals surface area contributed by atoms with Crippen LogP contribution in [0.15, 0.2) is 23.1 Å². The maximum Gasteiger partial charge on any atom is 0.162 e. The summed E-state index contributed by atoms with van der Waals surface area (Å²) in [6.07, 6.45) is 5.42. The summed E-state index contributed by atoms with van der Waals surface area (Å²) < 4.78 is 13.8. The summed E-state index contributed by atoms with van der Waals surface area (Å²) in [5, 5.41) is 0. The molecule has 0 aromatic heterocycles. The maximum atomic E-state index is 5.70. The molecule has 2 fully saturated rings. The molecule has 0 atom stereocenters. The minimum absolute atomic E-state index is 0.655. The van der Waals surface area contributed by atoms with E-state index >= 15 is 0 Å². The third kappa shape index (κ3) is 4.63. The van der Waals surface area contributed by atoms with Gasteiger partial charge in [0.25, 0.3) is 0 Å². The molecule has 138 valence electrons. The molecule has 3 aliphatic heterocycles. The topological polar surface area (TPSA) is 24.9 Å². The lowest BCUT2D eigenvalue weighted by Crippen LogP contribution is -2.39. The van der Waals surface area contributed by atoms with Crippen LogP contribution in [0, 0.1) is 11.8 Å². The Balaban J connectivity index is 1.23. The Morgan fingerprint density at radius 3 is 2.44 bits per heavy atom. The van der Waals surface area contributed by atoms with Crippen molar-refractivity contribution < 1.29 is 9.47 Å². The molecule has 2 saturated heterocycles. The first-order valence-electron chi connectivity index (χ1n) is 9.81. The smallest absolute Gasteiger partial charge is 0.162 e. The summed E-state index contributed by atoms with van der Waals surface area (Å²) in [5.74, 6) is 3.58. The highest BCUT2D eigenvalue weighted by molar-refractivity contribution is 7.97. The van der Waals surface area contributed by atoms with Gasteiger partial charge < -0.3 is 14.4 Å². The summed E-state index contributed by atoms with van der Waals surface area (Å²) >= 11 is 1.87. The van der Waals surface area contributed by atoms with Crippen LogP contribution >= 0.6 is 11.9 Å². The predicted octanol–water partition coefficient (Wildman–Crippen LogP) is 3.91. The molecule has 0 saturated carbocycles. The third-order valence-electron chi connectivity index (χ3n) is 5.71. The van der Waals surface area contributed by atoms with Gasteiger partial charge in [-0.2, -0.15) is 0 Å². The zero-order valence-electron chi connectivity index (χ0n) is 15.3. The first-order chi connectivity index (χ1) is 12.3. The monoisotopic (exact) mass is 362 g/mol. The number of nitrogens with zero attached hydrogens (tertiary/aromatic N) is 2. The predicted molar refractivity (Wildman–Crippen MR) is 102 cm³/mol. The molecule has 3 aliphatic rings. The average Bonchev–Trinajstić information content (AvgIpc) is 2.65. The van der Waals surface area contributed by atoms with Gasteiger partial charge in [-0.3, -0.25) is 0 Å². The van der Waals surface area contributed by atoms with E-state index in [1.54, 1.807) is 0 Å². The first kappa shape index (κ1) is 17.5. The number of likely N-dealkylation sites (tertiary alicyclic amines) is 1. The zero-order chi connectivity index (χ0) is 17.1. The minimum atomic E-state index is 0.655. The van der Waals surface area contributed by atoms with Crippen LogP contribution in [0.1, 0.15) is 32.6 Å². The van der Waals surface area contributed by atoms with Gasteiger partial charge in [0.2, 0.25) is 0 Å². The van der Waals surface area contributed by atoms with Gasteiger partial charge in [-0.25, -0.2) is 4.31 Å². The van der Waals surface area contributed by atoms with Crippen molar-refractivity contribution in [1.82, 2.24) is 9.21 Å². The molecule has 0 aliphatic carbocycles. The molecule has 1 aromatic rings. The second-order valence-electron chi connectivity index (χ2n) is 7.75. The Labute approximate surface area is 156 Å². The molecule has 0 spiro atoms. The van der Waals surface area contributed by atoms with E-state index in [1.807, 2.05) is 18.0 Å². The maximum absolute atomic E-state index is 5.70. The second kappa shape index (κ2) is 8.19. The lowest BCUT2D eigenvalue weighted by molar-refractivity contribution is 0.144. The van der Waals surface area contributed by atoms with E-state index in [1.165, 1.54) is 63.3 Å². The molecule has 4 nitrogen and oxygen atoms in total. The molecule has 3 heterocycles. The number of rotatable bonds is 4. The van der Waals surface area contributed by atoms with Crippen molar-refractivity contribution in [2.24, 2.45) is 11.8 Å². The number of hydrogen-bond acceptors (Lipinski definition) is 5. The van der Waals surface area contributed by atoms with E-state index in [4.69, 9.17) is 9.47 Å². The van der Waals surface area contributed by atoms with Gasteiger partial charge in [0, 0.05) is 24.5 Å². The molecule has 5 heteroatoms. The Morgan fingerprint density at radius 1 is 0.960 bits per heavy atom. The van der Waals surface area contributed by atoms with Crippen LogP contribution in [0.3, 0.4) is 0 Å². The highest BCUT2D eigenvalue weighted by atomic mass is 32.2. The summed E-state index contributed by atoms with van der Waals surface area (Å²) in [6.45, 7) is 10.0. The lowest BCUT2D eigenvalue weighted by atomic mass is 9.94. The number of fused-ring (bicyclic) bond motifs is 1. The molecule has 0 N–H and O–H groups in total. The number of piperidine rings is 2. The molecule has 4 rings (SSSR count). The Kier molecular flexibility index (Phi) is 5.73. The molecule has 25 heavy (non-hydrogen) atoms. The van der Waals surface area contributed by atoms with Crippen LogP contribution in [-0.4, -0.2) is 55.1 Å². The van der Waals surface area contributed by atoms with E-state index in [0.717, 1.165) is 23.3 Å². The standard InChI is InChI=1S/C20H30N2O2S/c1-16-4-8-21(9-5-16)15-17-6-10-22(11-7-17)25-18-2-3-19-20(14-18)24-13-12-23-19/h2-3,14,16-17H,4-13,15H2,1H3. The first-order valence-corrected chi connectivity index (χ1v) is 10.6. The van der Waals surface area contributed by atoms with Crippen molar-refractivity contribution in [2.45, 2.75) is 37.5 Å². The lowest BCUT2D eigenvalue weighted by Gasteiger charge is -2.36. The van der Waals surface area contributed by atoms with E-state index in [0.29, 0.717) is 13.2 Å². The summed E-state index contributed by atoms with van der Waals surface area (Å²) in [6, 6.07) is 6.32. The quantitative estimate of drug-likeness (QED) is 0.756. The van der Waals surface area contributed by atoms with Crippen molar-refractivity contribution in [3.05, 3.63) is 18.2 Å². The molecule has 1 aromatic carbocycles. The van der Waals surface area contributed by atoms with Crippen LogP contribution in [0.2, 0.25) is 0 Å². The fourth-order valence-electron chi connectivity index (χ4n) is 4.02. The summed E-state index contributed by atoms with van der Waals surface area (Å²) in [5.41, 5.74) is 0. The van der Waals surface area contributed by atoms with E-state index in [-0.39, 0.29) is 0 Å². The van der Waals surface area contributed by atoms with Crippen molar-refractivity contribution in [2.75, 3.05) is 45.9 Å². The van der Waals surface area contributed by atoms with Crippen LogP contribution in [0.5, 0.6) is 11.5 Å². The number of hydrogen-bond donors (Lipinski definition) is 0. The average molecular weight is 363 g/mol. The molecule has 0 amide bonds. The number of ether oxygens (including phenoxy) is 2. The van der Waals surface area contributed by atoms with Gasteiger partial charge in [-0.1, -0.05) is 6.92 Å². The summed E-state index contributed by atoms with van der Waals surface area (Å²) in [4.78, 5) is 3.96. The Hall–Kier alpha value is -0.910. The normalized spacial score (nSPS) is 23.7. The second-order valence-corrected chi connectivity index (χ2v) is 8.92. The van der Waals surface area contributed by atoms with Crippen molar-refractivity contribution in [3.63, 3.8) is 0 Å². The van der Waals surface area contributed by atoms with Crippen LogP contribution in [0.4, 0.5) is 0 Å². The van der Waals surface area contributed by atoms with Gasteiger partial charge in [0.05, 0.1) is 0 Å². The minimum Gasteiger partial charge on any atom is -0.486 e. The highest BCUT2D eigenvalue weighted by Gasteiger charge is 2.24. The molecule has 0 bridgehead atoms. The van der Waals surface area contributed by atoms with Crippen molar-refractivity contribution in [1.29, 1.82) is 0 Å². The van der Waals surface area contributed by atoms with E-state index < -0.39 is 0 Å². The van der Waals surface area contributed by atoms with Gasteiger partial charge in [-0.05, 0) is 80.8 Å².